The largest absolute Gasteiger partial charge is 0.444 e. The number of rotatable bonds is 0. The fourth-order valence-electron chi connectivity index (χ4n) is 2.28. The van der Waals surface area contributed by atoms with Crippen molar-refractivity contribution in [2.75, 3.05) is 26.3 Å². The zero-order chi connectivity index (χ0) is 12.7. The van der Waals surface area contributed by atoms with Gasteiger partial charge >= 0.3 is 6.09 Å². The molecule has 2 saturated heterocycles. The minimum Gasteiger partial charge on any atom is -0.444 e. The summed E-state index contributed by atoms with van der Waals surface area (Å²) in [4.78, 5) is 13.6. The average molecular weight is 243 g/mol. The molecule has 0 radical (unpaired) electrons. The van der Waals surface area contributed by atoms with Gasteiger partial charge in [-0.2, -0.15) is 0 Å². The summed E-state index contributed by atoms with van der Waals surface area (Å²) in [5.74, 6) is 0. The van der Waals surface area contributed by atoms with Crippen molar-refractivity contribution < 1.29 is 19.4 Å². The molecule has 2 heterocycles. The summed E-state index contributed by atoms with van der Waals surface area (Å²) in [5.41, 5.74) is -0.731. The fraction of sp³-hybridized carbons (Fsp3) is 0.917. The van der Waals surface area contributed by atoms with Gasteiger partial charge in [-0.15, -0.1) is 0 Å². The van der Waals surface area contributed by atoms with Gasteiger partial charge in [-0.25, -0.2) is 4.79 Å². The first-order valence-electron chi connectivity index (χ1n) is 6.06. The SMILES string of the molecule is CC(C)(C)OC(=O)N1CCC(O)C2(COC2)C1. The number of likely N-dealkylation sites (tertiary alicyclic amines) is 1. The van der Waals surface area contributed by atoms with Gasteiger partial charge in [0.25, 0.3) is 0 Å². The molecule has 98 valence electrons. The third kappa shape index (κ3) is 2.55. The molecular formula is C12H21NO4. The van der Waals surface area contributed by atoms with Gasteiger partial charge in [0, 0.05) is 13.1 Å². The summed E-state index contributed by atoms with van der Waals surface area (Å²) in [7, 11) is 0. The molecule has 0 bridgehead atoms. The molecule has 0 aromatic heterocycles. The van der Waals surface area contributed by atoms with E-state index in [-0.39, 0.29) is 17.6 Å². The zero-order valence-electron chi connectivity index (χ0n) is 10.7. The Morgan fingerprint density at radius 2 is 2.12 bits per heavy atom. The van der Waals surface area contributed by atoms with Gasteiger partial charge in [0.1, 0.15) is 5.60 Å². The lowest BCUT2D eigenvalue weighted by Gasteiger charge is -2.50. The van der Waals surface area contributed by atoms with E-state index >= 15 is 0 Å². The normalized spacial score (nSPS) is 27.8. The molecule has 17 heavy (non-hydrogen) atoms. The van der Waals surface area contributed by atoms with Crippen molar-refractivity contribution in [2.45, 2.75) is 38.9 Å². The van der Waals surface area contributed by atoms with Crippen molar-refractivity contribution in [1.29, 1.82) is 0 Å². The second-order valence-electron chi connectivity index (χ2n) is 6.06. The van der Waals surface area contributed by atoms with Crippen LogP contribution in [0, 0.1) is 5.41 Å². The van der Waals surface area contributed by atoms with Crippen LogP contribution in [-0.2, 0) is 9.47 Å². The predicted octanol–water partition coefficient (Wildman–Crippen LogP) is 1.00. The number of piperidine rings is 1. The number of aliphatic hydroxyl groups is 1. The Balaban J connectivity index is 1.97. The van der Waals surface area contributed by atoms with Crippen LogP contribution < -0.4 is 0 Å². The van der Waals surface area contributed by atoms with E-state index < -0.39 is 5.60 Å². The Kier molecular flexibility index (Phi) is 3.08. The number of carbonyl (C=O) groups excluding carboxylic acids is 1. The number of ether oxygens (including phenoxy) is 2. The van der Waals surface area contributed by atoms with Crippen LogP contribution in [0.25, 0.3) is 0 Å². The van der Waals surface area contributed by atoms with E-state index in [9.17, 15) is 9.90 Å². The Morgan fingerprint density at radius 1 is 1.47 bits per heavy atom. The van der Waals surface area contributed by atoms with Gasteiger partial charge in [-0.05, 0) is 27.2 Å². The molecule has 5 nitrogen and oxygen atoms in total. The summed E-state index contributed by atoms with van der Waals surface area (Å²) >= 11 is 0. The Morgan fingerprint density at radius 3 is 2.59 bits per heavy atom. The molecule has 2 aliphatic heterocycles. The fourth-order valence-corrected chi connectivity index (χ4v) is 2.28. The minimum absolute atomic E-state index is 0.255. The molecule has 1 spiro atoms. The molecule has 1 amide bonds. The average Bonchev–Trinajstić information content (AvgIpc) is 2.13. The van der Waals surface area contributed by atoms with E-state index in [4.69, 9.17) is 9.47 Å². The number of amides is 1. The minimum atomic E-state index is -0.476. The van der Waals surface area contributed by atoms with Gasteiger partial charge in [-0.3, -0.25) is 0 Å². The van der Waals surface area contributed by atoms with Crippen LogP contribution in [0.15, 0.2) is 0 Å². The highest BCUT2D eigenvalue weighted by atomic mass is 16.6. The highest BCUT2D eigenvalue weighted by Gasteiger charge is 2.50. The molecule has 5 heteroatoms. The number of nitrogens with zero attached hydrogens (tertiary/aromatic N) is 1. The van der Waals surface area contributed by atoms with Crippen molar-refractivity contribution in [3.63, 3.8) is 0 Å². The van der Waals surface area contributed by atoms with E-state index in [1.165, 1.54) is 0 Å². The van der Waals surface area contributed by atoms with E-state index in [1.54, 1.807) is 4.90 Å². The number of carbonyl (C=O) groups is 1. The van der Waals surface area contributed by atoms with E-state index in [1.807, 2.05) is 20.8 Å². The van der Waals surface area contributed by atoms with Crippen LogP contribution in [0.5, 0.6) is 0 Å². The Hall–Kier alpha value is -0.810. The maximum Gasteiger partial charge on any atom is 0.410 e. The predicted molar refractivity (Wildman–Crippen MR) is 61.7 cm³/mol. The van der Waals surface area contributed by atoms with Crippen LogP contribution in [0.4, 0.5) is 4.79 Å². The first-order valence-corrected chi connectivity index (χ1v) is 6.06. The molecule has 2 rings (SSSR count). The quantitative estimate of drug-likeness (QED) is 0.689. The molecule has 1 N–H and O–H groups in total. The first kappa shape index (κ1) is 12.6. The lowest BCUT2D eigenvalue weighted by Crippen LogP contribution is -2.62. The van der Waals surface area contributed by atoms with Crippen LogP contribution in [0.1, 0.15) is 27.2 Å². The third-order valence-electron chi connectivity index (χ3n) is 3.32. The van der Waals surface area contributed by atoms with Crippen molar-refractivity contribution in [3.8, 4) is 0 Å². The highest BCUT2D eigenvalue weighted by Crippen LogP contribution is 2.37. The summed E-state index contributed by atoms with van der Waals surface area (Å²) in [6.45, 7) is 7.71. The van der Waals surface area contributed by atoms with Gasteiger partial charge in [0.15, 0.2) is 0 Å². The molecule has 1 unspecified atom stereocenters. The molecule has 0 aliphatic carbocycles. The second kappa shape index (κ2) is 4.14. The third-order valence-corrected chi connectivity index (χ3v) is 3.32. The lowest BCUT2D eigenvalue weighted by molar-refractivity contribution is -0.195. The van der Waals surface area contributed by atoms with Crippen molar-refractivity contribution >= 4 is 6.09 Å². The van der Waals surface area contributed by atoms with E-state index in [2.05, 4.69) is 0 Å². The van der Waals surface area contributed by atoms with E-state index in [0.717, 1.165) is 0 Å². The van der Waals surface area contributed by atoms with Crippen molar-refractivity contribution in [2.24, 2.45) is 5.41 Å². The number of hydrogen-bond acceptors (Lipinski definition) is 4. The molecule has 1 atom stereocenters. The van der Waals surface area contributed by atoms with Crippen molar-refractivity contribution in [3.05, 3.63) is 0 Å². The molecule has 0 aromatic carbocycles. The number of hydrogen-bond donors (Lipinski definition) is 1. The van der Waals surface area contributed by atoms with Crippen LogP contribution in [0.2, 0.25) is 0 Å². The summed E-state index contributed by atoms with van der Waals surface area (Å²) in [6.07, 6.45) is -0.0617. The lowest BCUT2D eigenvalue weighted by atomic mass is 9.76. The molecular weight excluding hydrogens is 222 g/mol. The number of aliphatic hydroxyl groups excluding tert-OH is 1. The highest BCUT2D eigenvalue weighted by molar-refractivity contribution is 5.68. The van der Waals surface area contributed by atoms with E-state index in [0.29, 0.717) is 32.7 Å². The molecule has 0 saturated carbocycles. The van der Waals surface area contributed by atoms with Crippen molar-refractivity contribution in [1.82, 2.24) is 4.90 Å². The van der Waals surface area contributed by atoms with Crippen LogP contribution in [-0.4, -0.2) is 54.1 Å². The monoisotopic (exact) mass is 243 g/mol. The summed E-state index contributed by atoms with van der Waals surface area (Å²) < 4.78 is 10.5. The summed E-state index contributed by atoms with van der Waals surface area (Å²) in [6, 6.07) is 0. The van der Waals surface area contributed by atoms with Gasteiger partial charge < -0.3 is 19.5 Å². The topological polar surface area (TPSA) is 59.0 Å². The molecule has 0 aromatic rings. The maximum atomic E-state index is 11.9. The smallest absolute Gasteiger partial charge is 0.410 e. The van der Waals surface area contributed by atoms with Gasteiger partial charge in [0.2, 0.25) is 0 Å². The van der Waals surface area contributed by atoms with Gasteiger partial charge in [-0.1, -0.05) is 0 Å². The Labute approximate surface area is 102 Å². The Bertz CT molecular complexity index is 306. The summed E-state index contributed by atoms with van der Waals surface area (Å²) in [5, 5.41) is 9.95. The van der Waals surface area contributed by atoms with Gasteiger partial charge in [0.05, 0.1) is 24.7 Å². The second-order valence-corrected chi connectivity index (χ2v) is 6.06. The maximum absolute atomic E-state index is 11.9. The van der Waals surface area contributed by atoms with Crippen LogP contribution in [0.3, 0.4) is 0 Å². The molecule has 2 fully saturated rings. The zero-order valence-corrected chi connectivity index (χ0v) is 10.7. The molecule has 2 aliphatic rings. The first-order chi connectivity index (χ1) is 7.82. The standard InChI is InChI=1S/C12H21NO4/c1-11(2,3)17-10(15)13-5-4-9(14)12(6-13)7-16-8-12/h9,14H,4-8H2,1-3H3. The van der Waals surface area contributed by atoms with Crippen LogP contribution >= 0.6 is 0 Å².